The maximum absolute atomic E-state index is 6.81. The Morgan fingerprint density at radius 3 is 1.35 bits per heavy atom. The molecule has 0 spiro atoms. The summed E-state index contributed by atoms with van der Waals surface area (Å²) in [6, 6.07) is 75.0. The molecule has 9 rings (SSSR count). The van der Waals surface area contributed by atoms with Gasteiger partial charge in [0.05, 0.1) is 11.4 Å². The molecule has 0 bridgehead atoms. The van der Waals surface area contributed by atoms with Crippen molar-refractivity contribution in [1.29, 1.82) is 0 Å². The van der Waals surface area contributed by atoms with Crippen LogP contribution >= 0.6 is 0 Å². The highest BCUT2D eigenvalue weighted by atomic mass is 16.3. The van der Waals surface area contributed by atoms with Crippen molar-refractivity contribution in [3.8, 4) is 55.8 Å². The van der Waals surface area contributed by atoms with Gasteiger partial charge in [-0.15, -0.1) is 0 Å². The molecule has 0 aliphatic carbocycles. The first-order valence-electron chi connectivity index (χ1n) is 17.7. The Morgan fingerprint density at radius 2 is 0.731 bits per heavy atom. The third-order valence-electron chi connectivity index (χ3n) is 9.73. The number of fused-ring (bicyclic) bond motifs is 1. The number of furan rings is 1. The molecule has 9 aromatic rings. The molecule has 0 saturated carbocycles. The smallest absolute Gasteiger partial charge is 0.145 e. The van der Waals surface area contributed by atoms with Crippen LogP contribution in [0.3, 0.4) is 0 Å². The quantitative estimate of drug-likeness (QED) is 0.161. The lowest BCUT2D eigenvalue weighted by atomic mass is 9.96. The summed E-state index contributed by atoms with van der Waals surface area (Å²) in [5, 5.41) is 1.09. The Balaban J connectivity index is 1.21. The number of nitrogens with zero attached hydrogens (tertiary/aromatic N) is 1. The average molecular weight is 666 g/mol. The van der Waals surface area contributed by atoms with Gasteiger partial charge in [0.15, 0.2) is 0 Å². The van der Waals surface area contributed by atoms with E-state index in [9.17, 15) is 0 Å². The van der Waals surface area contributed by atoms with Gasteiger partial charge in [-0.05, 0) is 69.8 Å². The van der Waals surface area contributed by atoms with Crippen molar-refractivity contribution < 1.29 is 4.42 Å². The molecule has 0 fully saturated rings. The molecule has 0 aliphatic rings. The standard InChI is InChI=1S/C50H35NO/c1-4-16-36(17-5-1)37-28-30-38(31-29-37)39-32-34-42(35-33-39)51(46-25-13-10-22-43(46)40-18-6-2-7-19-40)47-26-14-11-23-44(47)50-49(41-20-8-3-9-21-41)45-24-12-15-27-48(45)52-50/h1-35H. The number of rotatable bonds is 8. The first-order chi connectivity index (χ1) is 25.8. The van der Waals surface area contributed by atoms with E-state index in [1.165, 1.54) is 16.7 Å². The van der Waals surface area contributed by atoms with Crippen molar-refractivity contribution >= 4 is 28.0 Å². The van der Waals surface area contributed by atoms with Gasteiger partial charge in [0, 0.05) is 27.8 Å². The molecule has 52 heavy (non-hydrogen) atoms. The molecular formula is C50H35NO. The number of benzene rings is 8. The summed E-state index contributed by atoms with van der Waals surface area (Å²) in [4.78, 5) is 2.38. The summed E-state index contributed by atoms with van der Waals surface area (Å²) in [5.41, 5.74) is 14.3. The second-order valence-corrected chi connectivity index (χ2v) is 12.9. The van der Waals surface area contributed by atoms with E-state index in [0.29, 0.717) is 0 Å². The van der Waals surface area contributed by atoms with Crippen LogP contribution in [0.4, 0.5) is 17.1 Å². The lowest BCUT2D eigenvalue weighted by Gasteiger charge is -2.29. The molecule has 0 saturated heterocycles. The van der Waals surface area contributed by atoms with E-state index in [1.54, 1.807) is 0 Å². The monoisotopic (exact) mass is 665 g/mol. The van der Waals surface area contributed by atoms with E-state index in [2.05, 4.69) is 211 Å². The van der Waals surface area contributed by atoms with Crippen LogP contribution in [0, 0.1) is 0 Å². The SMILES string of the molecule is c1ccc(-c2ccc(-c3ccc(N(c4ccccc4-c4ccccc4)c4ccccc4-c4oc5ccccc5c4-c4ccccc4)cc3)cc2)cc1. The Morgan fingerprint density at radius 1 is 0.308 bits per heavy atom. The average Bonchev–Trinajstić information content (AvgIpc) is 3.62. The van der Waals surface area contributed by atoms with Gasteiger partial charge in [-0.3, -0.25) is 0 Å². The molecule has 246 valence electrons. The molecule has 1 heterocycles. The zero-order chi connectivity index (χ0) is 34.7. The fourth-order valence-electron chi connectivity index (χ4n) is 7.21. The van der Waals surface area contributed by atoms with Gasteiger partial charge in [-0.2, -0.15) is 0 Å². The van der Waals surface area contributed by atoms with Crippen molar-refractivity contribution in [1.82, 2.24) is 0 Å². The van der Waals surface area contributed by atoms with Crippen LogP contribution in [0.25, 0.3) is 66.8 Å². The number of para-hydroxylation sites is 3. The molecule has 0 N–H and O–H groups in total. The van der Waals surface area contributed by atoms with E-state index in [1.807, 2.05) is 6.07 Å². The van der Waals surface area contributed by atoms with E-state index in [-0.39, 0.29) is 0 Å². The Kier molecular flexibility index (Phi) is 8.24. The summed E-state index contributed by atoms with van der Waals surface area (Å²) in [6.45, 7) is 0. The number of hydrogen-bond acceptors (Lipinski definition) is 2. The molecule has 0 radical (unpaired) electrons. The third-order valence-corrected chi connectivity index (χ3v) is 9.73. The second-order valence-electron chi connectivity index (χ2n) is 12.9. The number of anilines is 3. The van der Waals surface area contributed by atoms with Gasteiger partial charge in [0.2, 0.25) is 0 Å². The molecule has 8 aromatic carbocycles. The third kappa shape index (κ3) is 5.87. The highest BCUT2D eigenvalue weighted by Crippen LogP contribution is 2.48. The fourth-order valence-corrected chi connectivity index (χ4v) is 7.21. The molecule has 0 unspecified atom stereocenters. The van der Waals surface area contributed by atoms with E-state index in [0.717, 1.165) is 67.2 Å². The molecule has 2 heteroatoms. The number of hydrogen-bond donors (Lipinski definition) is 0. The molecular weight excluding hydrogens is 631 g/mol. The summed E-state index contributed by atoms with van der Waals surface area (Å²) in [7, 11) is 0. The van der Waals surface area contributed by atoms with Crippen molar-refractivity contribution in [3.63, 3.8) is 0 Å². The van der Waals surface area contributed by atoms with Crippen molar-refractivity contribution in [2.45, 2.75) is 0 Å². The summed E-state index contributed by atoms with van der Waals surface area (Å²) < 4.78 is 6.81. The zero-order valence-corrected chi connectivity index (χ0v) is 28.6. The lowest BCUT2D eigenvalue weighted by Crippen LogP contribution is -2.12. The van der Waals surface area contributed by atoms with Crippen LogP contribution < -0.4 is 4.90 Å². The largest absolute Gasteiger partial charge is 0.455 e. The van der Waals surface area contributed by atoms with Crippen molar-refractivity contribution in [2.75, 3.05) is 4.90 Å². The maximum atomic E-state index is 6.81. The first-order valence-corrected chi connectivity index (χ1v) is 17.7. The minimum Gasteiger partial charge on any atom is -0.455 e. The minimum absolute atomic E-state index is 0.848. The van der Waals surface area contributed by atoms with E-state index in [4.69, 9.17) is 4.42 Å². The highest BCUT2D eigenvalue weighted by Gasteiger charge is 2.25. The van der Waals surface area contributed by atoms with Gasteiger partial charge >= 0.3 is 0 Å². The first kappa shape index (κ1) is 31.1. The predicted octanol–water partition coefficient (Wildman–Crippen LogP) is 14.2. The fraction of sp³-hybridized carbons (Fsp3) is 0. The van der Waals surface area contributed by atoms with Crippen LogP contribution in [0.1, 0.15) is 0 Å². The molecule has 1 aromatic heterocycles. The van der Waals surface area contributed by atoms with Gasteiger partial charge < -0.3 is 9.32 Å². The molecule has 2 nitrogen and oxygen atoms in total. The van der Waals surface area contributed by atoms with Gasteiger partial charge in [0.25, 0.3) is 0 Å². The van der Waals surface area contributed by atoms with Crippen LogP contribution in [0.5, 0.6) is 0 Å². The minimum atomic E-state index is 0.848. The van der Waals surface area contributed by atoms with E-state index < -0.39 is 0 Å². The molecule has 0 aliphatic heterocycles. The Labute approximate surface area is 304 Å². The summed E-state index contributed by atoms with van der Waals surface area (Å²) >= 11 is 0. The van der Waals surface area contributed by atoms with Crippen LogP contribution in [0.15, 0.2) is 217 Å². The Bertz CT molecular complexity index is 2590. The maximum Gasteiger partial charge on any atom is 0.145 e. The molecule has 0 amide bonds. The van der Waals surface area contributed by atoms with Crippen molar-refractivity contribution in [2.24, 2.45) is 0 Å². The topological polar surface area (TPSA) is 16.4 Å². The predicted molar refractivity (Wildman–Crippen MR) is 218 cm³/mol. The van der Waals surface area contributed by atoms with Crippen LogP contribution in [-0.4, -0.2) is 0 Å². The second kappa shape index (κ2) is 13.8. The summed E-state index contributed by atoms with van der Waals surface area (Å²) in [5.74, 6) is 0.848. The van der Waals surface area contributed by atoms with Crippen LogP contribution in [0.2, 0.25) is 0 Å². The van der Waals surface area contributed by atoms with E-state index >= 15 is 0 Å². The summed E-state index contributed by atoms with van der Waals surface area (Å²) in [6.07, 6.45) is 0. The zero-order valence-electron chi connectivity index (χ0n) is 28.6. The molecule has 0 atom stereocenters. The highest BCUT2D eigenvalue weighted by molar-refractivity contribution is 6.04. The van der Waals surface area contributed by atoms with Crippen LogP contribution in [-0.2, 0) is 0 Å². The normalized spacial score (nSPS) is 11.1. The lowest BCUT2D eigenvalue weighted by molar-refractivity contribution is 0.632. The van der Waals surface area contributed by atoms with Gasteiger partial charge in [-0.25, -0.2) is 0 Å². The van der Waals surface area contributed by atoms with Crippen molar-refractivity contribution in [3.05, 3.63) is 212 Å². The van der Waals surface area contributed by atoms with Gasteiger partial charge in [-0.1, -0.05) is 176 Å². The Hall–Kier alpha value is -6.90. The van der Waals surface area contributed by atoms with Gasteiger partial charge in [0.1, 0.15) is 11.3 Å².